The molecule has 6 heteroatoms. The summed E-state index contributed by atoms with van der Waals surface area (Å²) in [7, 11) is 0. The second-order valence-corrected chi connectivity index (χ2v) is 6.24. The smallest absolute Gasteiger partial charge is 0.226 e. The summed E-state index contributed by atoms with van der Waals surface area (Å²) in [5.74, 6) is 3.30. The van der Waals surface area contributed by atoms with Gasteiger partial charge in [0, 0.05) is 24.9 Å². The Labute approximate surface area is 111 Å². The Morgan fingerprint density at radius 3 is 2.95 bits per heavy atom. The number of tetrazole rings is 1. The fourth-order valence-corrected chi connectivity index (χ4v) is 3.51. The van der Waals surface area contributed by atoms with Crippen molar-refractivity contribution in [2.75, 3.05) is 13.1 Å². The van der Waals surface area contributed by atoms with Gasteiger partial charge >= 0.3 is 0 Å². The van der Waals surface area contributed by atoms with Crippen molar-refractivity contribution in [1.82, 2.24) is 25.5 Å². The van der Waals surface area contributed by atoms with Crippen LogP contribution in [0.2, 0.25) is 0 Å². The number of carbonyl (C=O) groups excluding carboxylic acids is 1. The summed E-state index contributed by atoms with van der Waals surface area (Å²) < 4.78 is 0. The summed E-state index contributed by atoms with van der Waals surface area (Å²) in [6, 6.07) is 0. The van der Waals surface area contributed by atoms with Crippen molar-refractivity contribution in [2.45, 2.75) is 38.0 Å². The van der Waals surface area contributed by atoms with E-state index < -0.39 is 0 Å². The van der Waals surface area contributed by atoms with Crippen LogP contribution in [0.25, 0.3) is 0 Å². The fraction of sp³-hybridized carbons (Fsp3) is 0.846. The average Bonchev–Trinajstić information content (AvgIpc) is 3.35. The van der Waals surface area contributed by atoms with Gasteiger partial charge in [0.25, 0.3) is 0 Å². The van der Waals surface area contributed by atoms with Crippen LogP contribution in [0.1, 0.15) is 43.8 Å². The predicted octanol–water partition coefficient (Wildman–Crippen LogP) is 0.952. The lowest BCUT2D eigenvalue weighted by atomic mass is 9.97. The van der Waals surface area contributed by atoms with Crippen molar-refractivity contribution in [3.63, 3.8) is 0 Å². The van der Waals surface area contributed by atoms with Gasteiger partial charge in [0.2, 0.25) is 5.91 Å². The number of carbonyl (C=O) groups is 1. The van der Waals surface area contributed by atoms with Gasteiger partial charge in [-0.15, -0.1) is 10.2 Å². The number of hydrogen-bond acceptors (Lipinski definition) is 4. The summed E-state index contributed by atoms with van der Waals surface area (Å²) in [6.07, 6.45) is 5.93. The zero-order valence-corrected chi connectivity index (χ0v) is 11.0. The number of hydrogen-bond donors (Lipinski definition) is 1. The Balaban J connectivity index is 1.39. The number of piperidine rings is 1. The molecule has 2 aliphatic carbocycles. The van der Waals surface area contributed by atoms with Crippen molar-refractivity contribution in [3.8, 4) is 0 Å². The molecule has 3 unspecified atom stereocenters. The molecule has 0 aromatic carbocycles. The van der Waals surface area contributed by atoms with Gasteiger partial charge in [0.05, 0.1) is 0 Å². The van der Waals surface area contributed by atoms with E-state index in [9.17, 15) is 4.79 Å². The number of nitrogens with one attached hydrogen (secondary N) is 1. The molecule has 3 fully saturated rings. The number of H-pyrrole nitrogens is 1. The van der Waals surface area contributed by atoms with E-state index in [0.29, 0.717) is 17.7 Å². The first-order valence-electron chi connectivity index (χ1n) is 7.35. The first-order valence-corrected chi connectivity index (χ1v) is 7.35. The van der Waals surface area contributed by atoms with E-state index in [0.717, 1.165) is 44.1 Å². The molecule has 1 amide bonds. The van der Waals surface area contributed by atoms with E-state index in [1.165, 1.54) is 12.8 Å². The molecule has 1 aliphatic heterocycles. The normalized spacial score (nSPS) is 34.3. The molecule has 6 nitrogen and oxygen atoms in total. The largest absolute Gasteiger partial charge is 0.342 e. The van der Waals surface area contributed by atoms with Crippen LogP contribution in [0.4, 0.5) is 0 Å². The van der Waals surface area contributed by atoms with Crippen LogP contribution >= 0.6 is 0 Å². The van der Waals surface area contributed by atoms with Crippen molar-refractivity contribution in [3.05, 3.63) is 5.82 Å². The van der Waals surface area contributed by atoms with Gasteiger partial charge in [-0.05, 0) is 43.9 Å². The zero-order chi connectivity index (χ0) is 12.8. The monoisotopic (exact) mass is 261 g/mol. The van der Waals surface area contributed by atoms with E-state index in [4.69, 9.17) is 0 Å². The van der Waals surface area contributed by atoms with Crippen LogP contribution in [-0.2, 0) is 4.79 Å². The molecule has 3 atom stereocenters. The number of rotatable bonds is 3. The second kappa shape index (κ2) is 4.28. The Morgan fingerprint density at radius 2 is 2.21 bits per heavy atom. The van der Waals surface area contributed by atoms with Crippen molar-refractivity contribution in [1.29, 1.82) is 0 Å². The van der Waals surface area contributed by atoms with Gasteiger partial charge in [-0.25, -0.2) is 0 Å². The zero-order valence-electron chi connectivity index (χ0n) is 11.0. The molecule has 1 saturated heterocycles. The third kappa shape index (κ3) is 2.13. The first-order chi connectivity index (χ1) is 9.33. The quantitative estimate of drug-likeness (QED) is 0.879. The fourth-order valence-electron chi connectivity index (χ4n) is 3.51. The van der Waals surface area contributed by atoms with Crippen LogP contribution in [0.15, 0.2) is 0 Å². The summed E-state index contributed by atoms with van der Waals surface area (Å²) >= 11 is 0. The van der Waals surface area contributed by atoms with E-state index in [2.05, 4.69) is 20.6 Å². The molecular formula is C13H19N5O. The lowest BCUT2D eigenvalue weighted by molar-refractivity contribution is -0.134. The summed E-state index contributed by atoms with van der Waals surface area (Å²) in [5.41, 5.74) is 0. The van der Waals surface area contributed by atoms with Crippen LogP contribution < -0.4 is 0 Å². The first kappa shape index (κ1) is 11.4. The van der Waals surface area contributed by atoms with Crippen LogP contribution in [0.3, 0.4) is 0 Å². The SMILES string of the molecule is O=C(C1CC1C1CC1)N1CCCC(c2nn[nH]n2)C1. The molecule has 102 valence electrons. The number of likely N-dealkylation sites (tertiary alicyclic amines) is 1. The Hall–Kier alpha value is -1.46. The molecule has 2 saturated carbocycles. The van der Waals surface area contributed by atoms with Gasteiger partial charge in [-0.1, -0.05) is 5.21 Å². The molecule has 1 aromatic rings. The minimum absolute atomic E-state index is 0.259. The van der Waals surface area contributed by atoms with Gasteiger partial charge in [-0.2, -0.15) is 5.21 Å². The minimum atomic E-state index is 0.259. The van der Waals surface area contributed by atoms with Crippen LogP contribution in [-0.4, -0.2) is 44.5 Å². The third-order valence-electron chi connectivity index (χ3n) is 4.84. The maximum atomic E-state index is 12.5. The molecule has 4 rings (SSSR count). The lowest BCUT2D eigenvalue weighted by Gasteiger charge is -2.31. The second-order valence-electron chi connectivity index (χ2n) is 6.24. The number of aromatic amines is 1. The van der Waals surface area contributed by atoms with Crippen molar-refractivity contribution in [2.24, 2.45) is 17.8 Å². The van der Waals surface area contributed by atoms with E-state index in [-0.39, 0.29) is 5.92 Å². The number of aromatic nitrogens is 4. The van der Waals surface area contributed by atoms with E-state index in [1.807, 2.05) is 4.90 Å². The van der Waals surface area contributed by atoms with Gasteiger partial charge in [0.15, 0.2) is 5.82 Å². The summed E-state index contributed by atoms with van der Waals surface area (Å²) in [6.45, 7) is 1.67. The van der Waals surface area contributed by atoms with Crippen molar-refractivity contribution >= 4 is 5.91 Å². The highest BCUT2D eigenvalue weighted by molar-refractivity contribution is 5.82. The average molecular weight is 261 g/mol. The molecule has 1 aromatic heterocycles. The van der Waals surface area contributed by atoms with Crippen molar-refractivity contribution < 1.29 is 4.79 Å². The van der Waals surface area contributed by atoms with Crippen LogP contribution in [0.5, 0.6) is 0 Å². The summed E-state index contributed by atoms with van der Waals surface area (Å²) in [5, 5.41) is 14.2. The van der Waals surface area contributed by atoms with Gasteiger partial charge in [-0.3, -0.25) is 4.79 Å². The Kier molecular flexibility index (Phi) is 2.56. The molecule has 1 N–H and O–H groups in total. The Bertz CT molecular complexity index is 469. The Morgan fingerprint density at radius 1 is 1.32 bits per heavy atom. The van der Waals surface area contributed by atoms with Gasteiger partial charge in [0.1, 0.15) is 0 Å². The lowest BCUT2D eigenvalue weighted by Crippen LogP contribution is -2.40. The molecular weight excluding hydrogens is 242 g/mol. The minimum Gasteiger partial charge on any atom is -0.342 e. The van der Waals surface area contributed by atoms with Gasteiger partial charge < -0.3 is 4.90 Å². The topological polar surface area (TPSA) is 74.8 Å². The molecule has 2 heterocycles. The predicted molar refractivity (Wildman–Crippen MR) is 67.1 cm³/mol. The molecule has 0 spiro atoms. The van der Waals surface area contributed by atoms with Crippen LogP contribution in [0, 0.1) is 17.8 Å². The van der Waals surface area contributed by atoms with E-state index >= 15 is 0 Å². The summed E-state index contributed by atoms with van der Waals surface area (Å²) in [4.78, 5) is 14.5. The standard InChI is InChI=1S/C13H19N5O/c19-13(11-6-10(11)8-3-4-8)18-5-1-2-9(7-18)12-14-16-17-15-12/h8-11H,1-7H2,(H,14,15,16,17). The highest BCUT2D eigenvalue weighted by Gasteiger charge is 2.52. The molecule has 0 radical (unpaired) electrons. The number of amides is 1. The third-order valence-corrected chi connectivity index (χ3v) is 4.84. The maximum absolute atomic E-state index is 12.5. The van der Waals surface area contributed by atoms with E-state index in [1.54, 1.807) is 0 Å². The maximum Gasteiger partial charge on any atom is 0.226 e. The highest BCUT2D eigenvalue weighted by atomic mass is 16.2. The highest BCUT2D eigenvalue weighted by Crippen LogP contribution is 2.55. The molecule has 3 aliphatic rings. The molecule has 0 bridgehead atoms. The number of nitrogens with zero attached hydrogens (tertiary/aromatic N) is 4. The molecule has 19 heavy (non-hydrogen) atoms.